The molecular formula is C18H14FNO3. The number of allylic oxidation sites excluding steroid dienone is 1. The molecule has 2 N–H and O–H groups in total. The van der Waals surface area contributed by atoms with Crippen molar-refractivity contribution in [1.29, 1.82) is 0 Å². The van der Waals surface area contributed by atoms with E-state index in [0.29, 0.717) is 23.0 Å². The van der Waals surface area contributed by atoms with Crippen LogP contribution in [-0.2, 0) is 6.54 Å². The van der Waals surface area contributed by atoms with E-state index >= 15 is 0 Å². The summed E-state index contributed by atoms with van der Waals surface area (Å²) in [6, 6.07) is 10.7. The van der Waals surface area contributed by atoms with E-state index in [4.69, 9.17) is 0 Å². The third-order valence-electron chi connectivity index (χ3n) is 3.69. The second-order valence-corrected chi connectivity index (χ2v) is 5.29. The first-order valence-electron chi connectivity index (χ1n) is 6.94. The number of carboxylic acids is 1. The van der Waals surface area contributed by atoms with E-state index in [9.17, 15) is 19.4 Å². The summed E-state index contributed by atoms with van der Waals surface area (Å²) in [6.07, 6.45) is 1.47. The highest BCUT2D eigenvalue weighted by molar-refractivity contribution is 6.03. The van der Waals surface area contributed by atoms with E-state index in [1.54, 1.807) is 28.8 Å². The van der Waals surface area contributed by atoms with Crippen molar-refractivity contribution in [3.8, 4) is 5.75 Å². The van der Waals surface area contributed by atoms with Crippen LogP contribution in [0.2, 0.25) is 0 Å². The number of hydrogen-bond acceptors (Lipinski definition) is 2. The maximum absolute atomic E-state index is 13.4. The van der Waals surface area contributed by atoms with Gasteiger partial charge in [-0.15, -0.1) is 0 Å². The van der Waals surface area contributed by atoms with Crippen molar-refractivity contribution in [2.75, 3.05) is 0 Å². The summed E-state index contributed by atoms with van der Waals surface area (Å²) in [4.78, 5) is 11.3. The number of hydrogen-bond donors (Lipinski definition) is 2. The molecule has 5 heteroatoms. The first kappa shape index (κ1) is 14.8. The first-order chi connectivity index (χ1) is 11.0. The van der Waals surface area contributed by atoms with Gasteiger partial charge in [0.15, 0.2) is 0 Å². The number of halogens is 1. The molecule has 0 unspecified atom stereocenters. The Hall–Kier alpha value is -3.08. The van der Waals surface area contributed by atoms with Crippen LogP contribution in [0.5, 0.6) is 5.75 Å². The predicted octanol–water partition coefficient (Wildman–Crippen LogP) is 3.90. The third kappa shape index (κ3) is 2.81. The molecule has 2 aromatic carbocycles. The van der Waals surface area contributed by atoms with Crippen molar-refractivity contribution in [2.45, 2.75) is 6.54 Å². The molecule has 23 heavy (non-hydrogen) atoms. The third-order valence-corrected chi connectivity index (χ3v) is 3.69. The smallest absolute Gasteiger partial charge is 0.337 e. The summed E-state index contributed by atoms with van der Waals surface area (Å²) >= 11 is 0. The number of benzene rings is 2. The highest BCUT2D eigenvalue weighted by Crippen LogP contribution is 2.26. The fourth-order valence-electron chi connectivity index (χ4n) is 2.59. The van der Waals surface area contributed by atoms with Crippen LogP contribution in [0, 0.1) is 5.82 Å². The average molecular weight is 311 g/mol. The van der Waals surface area contributed by atoms with Gasteiger partial charge in [0.25, 0.3) is 0 Å². The van der Waals surface area contributed by atoms with Gasteiger partial charge in [-0.2, -0.15) is 0 Å². The number of aromatic carboxylic acids is 1. The molecule has 4 nitrogen and oxygen atoms in total. The molecule has 0 saturated carbocycles. The Morgan fingerprint density at radius 1 is 1.22 bits per heavy atom. The molecule has 0 aliphatic heterocycles. The SMILES string of the molecule is C=C(Cn1cc(C(=O)O)c2cc(F)ccc21)c1cccc(O)c1. The molecule has 116 valence electrons. The lowest BCUT2D eigenvalue weighted by Gasteiger charge is -2.09. The van der Waals surface area contributed by atoms with Gasteiger partial charge in [0.2, 0.25) is 0 Å². The van der Waals surface area contributed by atoms with Gasteiger partial charge in [-0.05, 0) is 41.5 Å². The molecule has 0 aliphatic carbocycles. The molecule has 0 radical (unpaired) electrons. The number of aromatic nitrogens is 1. The van der Waals surface area contributed by atoms with E-state index in [1.807, 2.05) is 6.07 Å². The summed E-state index contributed by atoms with van der Waals surface area (Å²) < 4.78 is 15.1. The Kier molecular flexibility index (Phi) is 3.62. The van der Waals surface area contributed by atoms with E-state index in [1.165, 1.54) is 18.3 Å². The second kappa shape index (κ2) is 5.61. The second-order valence-electron chi connectivity index (χ2n) is 5.29. The number of fused-ring (bicyclic) bond motifs is 1. The van der Waals surface area contributed by atoms with E-state index < -0.39 is 11.8 Å². The molecule has 0 amide bonds. The molecule has 0 spiro atoms. The zero-order chi connectivity index (χ0) is 16.6. The molecule has 0 aliphatic rings. The normalized spacial score (nSPS) is 10.8. The van der Waals surface area contributed by atoms with Crippen molar-refractivity contribution < 1.29 is 19.4 Å². The number of nitrogens with zero attached hydrogens (tertiary/aromatic N) is 1. The number of aromatic hydroxyl groups is 1. The highest BCUT2D eigenvalue weighted by Gasteiger charge is 2.15. The topological polar surface area (TPSA) is 62.5 Å². The summed E-state index contributed by atoms with van der Waals surface area (Å²) in [5.41, 5.74) is 2.12. The lowest BCUT2D eigenvalue weighted by atomic mass is 10.1. The highest BCUT2D eigenvalue weighted by atomic mass is 19.1. The standard InChI is InChI=1S/C18H14FNO3/c1-11(12-3-2-4-14(21)7-12)9-20-10-16(18(22)23)15-8-13(19)5-6-17(15)20/h2-8,10,21H,1,9H2,(H,22,23). The first-order valence-corrected chi connectivity index (χ1v) is 6.94. The minimum Gasteiger partial charge on any atom is -0.508 e. The molecule has 0 fully saturated rings. The maximum Gasteiger partial charge on any atom is 0.337 e. The maximum atomic E-state index is 13.4. The van der Waals surface area contributed by atoms with Gasteiger partial charge in [-0.25, -0.2) is 9.18 Å². The monoisotopic (exact) mass is 311 g/mol. The van der Waals surface area contributed by atoms with Gasteiger partial charge in [-0.3, -0.25) is 0 Å². The summed E-state index contributed by atoms with van der Waals surface area (Å²) in [5, 5.41) is 19.2. The number of carboxylic acid groups (broad SMARTS) is 1. The minimum atomic E-state index is -1.11. The zero-order valence-corrected chi connectivity index (χ0v) is 12.2. The van der Waals surface area contributed by atoms with Crippen LogP contribution in [0.15, 0.2) is 55.2 Å². The Labute approximate surface area is 131 Å². The Bertz CT molecular complexity index is 927. The van der Waals surface area contributed by atoms with Crippen LogP contribution in [0.4, 0.5) is 4.39 Å². The van der Waals surface area contributed by atoms with E-state index in [2.05, 4.69) is 6.58 Å². The van der Waals surface area contributed by atoms with Gasteiger partial charge in [0, 0.05) is 23.6 Å². The molecule has 1 heterocycles. The summed E-state index contributed by atoms with van der Waals surface area (Å²) in [6.45, 7) is 4.32. The van der Waals surface area contributed by atoms with Crippen LogP contribution < -0.4 is 0 Å². The molecular weight excluding hydrogens is 297 g/mol. The van der Waals surface area contributed by atoms with Crippen molar-refractivity contribution in [3.63, 3.8) is 0 Å². The number of rotatable bonds is 4. The van der Waals surface area contributed by atoms with Crippen molar-refractivity contribution in [2.24, 2.45) is 0 Å². The van der Waals surface area contributed by atoms with Crippen LogP contribution in [0.25, 0.3) is 16.5 Å². The molecule has 0 atom stereocenters. The fourth-order valence-corrected chi connectivity index (χ4v) is 2.59. The van der Waals surface area contributed by atoms with Gasteiger partial charge >= 0.3 is 5.97 Å². The van der Waals surface area contributed by atoms with Gasteiger partial charge in [0.1, 0.15) is 11.6 Å². The largest absolute Gasteiger partial charge is 0.508 e. The molecule has 1 aromatic heterocycles. The van der Waals surface area contributed by atoms with Gasteiger partial charge in [-0.1, -0.05) is 18.7 Å². The van der Waals surface area contributed by atoms with Crippen molar-refractivity contribution >= 4 is 22.4 Å². The van der Waals surface area contributed by atoms with Gasteiger partial charge < -0.3 is 14.8 Å². The average Bonchev–Trinajstić information content (AvgIpc) is 2.85. The van der Waals surface area contributed by atoms with Gasteiger partial charge in [0.05, 0.1) is 5.56 Å². The summed E-state index contributed by atoms with van der Waals surface area (Å²) in [7, 11) is 0. The van der Waals surface area contributed by atoms with Crippen molar-refractivity contribution in [3.05, 3.63) is 72.2 Å². The lowest BCUT2D eigenvalue weighted by molar-refractivity contribution is 0.0699. The van der Waals surface area contributed by atoms with Crippen LogP contribution in [-0.4, -0.2) is 20.7 Å². The predicted molar refractivity (Wildman–Crippen MR) is 86.0 cm³/mol. The molecule has 0 saturated heterocycles. The number of phenols is 1. The van der Waals surface area contributed by atoms with E-state index in [-0.39, 0.29) is 11.3 Å². The summed E-state index contributed by atoms with van der Waals surface area (Å²) in [5.74, 6) is -1.46. The molecule has 0 bridgehead atoms. The number of carbonyl (C=O) groups is 1. The Balaban J connectivity index is 2.03. The van der Waals surface area contributed by atoms with Crippen molar-refractivity contribution in [1.82, 2.24) is 4.57 Å². The van der Waals surface area contributed by atoms with E-state index in [0.717, 1.165) is 5.56 Å². The fraction of sp³-hybridized carbons (Fsp3) is 0.0556. The quantitative estimate of drug-likeness (QED) is 0.768. The van der Waals surface area contributed by atoms with Crippen LogP contribution >= 0.6 is 0 Å². The molecule has 3 rings (SSSR count). The number of phenolic OH excluding ortho intramolecular Hbond substituents is 1. The van der Waals surface area contributed by atoms with Crippen LogP contribution in [0.1, 0.15) is 15.9 Å². The minimum absolute atomic E-state index is 0.0446. The zero-order valence-electron chi connectivity index (χ0n) is 12.2. The lowest BCUT2D eigenvalue weighted by Crippen LogP contribution is -1.99. The molecule has 3 aromatic rings. The van der Waals surface area contributed by atoms with Crippen LogP contribution in [0.3, 0.4) is 0 Å². The Morgan fingerprint density at radius 3 is 2.70 bits per heavy atom. The Morgan fingerprint density at radius 2 is 2.00 bits per heavy atom.